The van der Waals surface area contributed by atoms with Gasteiger partial charge in [0.15, 0.2) is 5.82 Å². The van der Waals surface area contributed by atoms with Gasteiger partial charge in [0.1, 0.15) is 5.75 Å². The summed E-state index contributed by atoms with van der Waals surface area (Å²) in [4.78, 5) is 4.18. The highest BCUT2D eigenvalue weighted by atomic mass is 19.4. The van der Waals surface area contributed by atoms with Crippen LogP contribution >= 0.6 is 0 Å². The van der Waals surface area contributed by atoms with Gasteiger partial charge in [-0.05, 0) is 48.9 Å². The lowest BCUT2D eigenvalue weighted by molar-refractivity contribution is -0.138. The van der Waals surface area contributed by atoms with Crippen molar-refractivity contribution in [1.82, 2.24) is 15.2 Å². The van der Waals surface area contributed by atoms with E-state index in [0.717, 1.165) is 6.07 Å². The highest BCUT2D eigenvalue weighted by molar-refractivity contribution is 5.61. The van der Waals surface area contributed by atoms with Crippen LogP contribution in [0.1, 0.15) is 11.1 Å². The lowest BCUT2D eigenvalue weighted by Gasteiger charge is -2.12. The van der Waals surface area contributed by atoms with Crippen LogP contribution in [0, 0.1) is 6.92 Å². The van der Waals surface area contributed by atoms with E-state index in [0.29, 0.717) is 11.4 Å². The summed E-state index contributed by atoms with van der Waals surface area (Å²) >= 11 is 0. The van der Waals surface area contributed by atoms with Crippen molar-refractivity contribution in [2.75, 3.05) is 5.32 Å². The van der Waals surface area contributed by atoms with Gasteiger partial charge in [0.2, 0.25) is 5.95 Å². The number of halogens is 3. The fourth-order valence-corrected chi connectivity index (χ4v) is 2.20. The molecule has 0 saturated carbocycles. The Hall–Kier alpha value is -3.03. The van der Waals surface area contributed by atoms with E-state index in [2.05, 4.69) is 20.5 Å². The first-order valence-electron chi connectivity index (χ1n) is 6.99. The van der Waals surface area contributed by atoms with Crippen molar-refractivity contribution in [2.45, 2.75) is 13.1 Å². The van der Waals surface area contributed by atoms with Gasteiger partial charge in [-0.1, -0.05) is 6.07 Å². The van der Waals surface area contributed by atoms with Crippen LogP contribution in [-0.4, -0.2) is 20.3 Å². The molecule has 0 radical (unpaired) electrons. The Morgan fingerprint density at radius 1 is 1.08 bits per heavy atom. The molecule has 124 valence electrons. The topological polar surface area (TPSA) is 73.8 Å². The first kappa shape index (κ1) is 15.9. The second-order valence-corrected chi connectivity index (χ2v) is 5.21. The standard InChI is InChI=1S/C16H13F3N4O/c1-9-2-5-11(8-13(9)16(17,18)19)20-15-21-14(22-23-15)10-3-6-12(24)7-4-10/h2-8,24H,1H3,(H2,20,21,22,23). The van der Waals surface area contributed by atoms with E-state index in [-0.39, 0.29) is 22.9 Å². The molecule has 3 aromatic rings. The molecule has 5 nitrogen and oxygen atoms in total. The molecule has 0 aliphatic carbocycles. The molecule has 0 fully saturated rings. The largest absolute Gasteiger partial charge is 0.508 e. The van der Waals surface area contributed by atoms with Crippen molar-refractivity contribution in [3.63, 3.8) is 0 Å². The Morgan fingerprint density at radius 2 is 1.79 bits per heavy atom. The highest BCUT2D eigenvalue weighted by Crippen LogP contribution is 2.34. The van der Waals surface area contributed by atoms with Crippen molar-refractivity contribution in [3.8, 4) is 17.1 Å². The van der Waals surface area contributed by atoms with Gasteiger partial charge in [0.25, 0.3) is 0 Å². The molecule has 1 heterocycles. The molecular formula is C16H13F3N4O. The highest BCUT2D eigenvalue weighted by Gasteiger charge is 2.32. The third-order valence-corrected chi connectivity index (χ3v) is 3.43. The average molecular weight is 334 g/mol. The molecule has 24 heavy (non-hydrogen) atoms. The fraction of sp³-hybridized carbons (Fsp3) is 0.125. The molecule has 0 spiro atoms. The lowest BCUT2D eigenvalue weighted by Crippen LogP contribution is -2.08. The number of aryl methyl sites for hydroxylation is 1. The predicted molar refractivity (Wildman–Crippen MR) is 82.9 cm³/mol. The molecule has 8 heteroatoms. The van der Waals surface area contributed by atoms with Crippen LogP contribution in [0.25, 0.3) is 11.4 Å². The van der Waals surface area contributed by atoms with Crippen LogP contribution in [0.15, 0.2) is 42.5 Å². The van der Waals surface area contributed by atoms with Crippen LogP contribution in [0.5, 0.6) is 5.75 Å². The van der Waals surface area contributed by atoms with Gasteiger partial charge in [0.05, 0.1) is 5.56 Å². The summed E-state index contributed by atoms with van der Waals surface area (Å²) in [5.74, 6) is 0.701. The molecule has 0 aliphatic rings. The van der Waals surface area contributed by atoms with E-state index in [1.54, 1.807) is 12.1 Å². The Kier molecular flexibility index (Phi) is 3.88. The fourth-order valence-electron chi connectivity index (χ4n) is 2.20. The second-order valence-electron chi connectivity index (χ2n) is 5.21. The Morgan fingerprint density at radius 3 is 2.46 bits per heavy atom. The minimum atomic E-state index is -4.42. The summed E-state index contributed by atoms with van der Waals surface area (Å²) in [6.45, 7) is 1.41. The number of alkyl halides is 3. The molecular weight excluding hydrogens is 321 g/mol. The van der Waals surface area contributed by atoms with E-state index in [1.807, 2.05) is 0 Å². The van der Waals surface area contributed by atoms with Crippen molar-refractivity contribution in [2.24, 2.45) is 0 Å². The Labute approximate surface area is 135 Å². The number of nitrogens with one attached hydrogen (secondary N) is 2. The Balaban J connectivity index is 1.84. The lowest BCUT2D eigenvalue weighted by atomic mass is 10.1. The molecule has 0 amide bonds. The number of hydrogen-bond acceptors (Lipinski definition) is 4. The van der Waals surface area contributed by atoms with Crippen molar-refractivity contribution in [3.05, 3.63) is 53.6 Å². The maximum Gasteiger partial charge on any atom is 0.416 e. The van der Waals surface area contributed by atoms with E-state index < -0.39 is 11.7 Å². The smallest absolute Gasteiger partial charge is 0.416 e. The third kappa shape index (κ3) is 3.32. The second kappa shape index (κ2) is 5.88. The summed E-state index contributed by atoms with van der Waals surface area (Å²) in [5.41, 5.74) is 0.368. The molecule has 0 aliphatic heterocycles. The van der Waals surface area contributed by atoms with Crippen LogP contribution in [0.4, 0.5) is 24.8 Å². The van der Waals surface area contributed by atoms with Gasteiger partial charge >= 0.3 is 6.18 Å². The molecule has 2 aromatic carbocycles. The number of H-pyrrole nitrogens is 1. The summed E-state index contributed by atoms with van der Waals surface area (Å²) in [7, 11) is 0. The normalized spacial score (nSPS) is 11.5. The first-order valence-corrected chi connectivity index (χ1v) is 6.99. The van der Waals surface area contributed by atoms with Gasteiger partial charge < -0.3 is 10.4 Å². The summed E-state index contributed by atoms with van der Waals surface area (Å²) in [6, 6.07) is 10.2. The van der Waals surface area contributed by atoms with Crippen molar-refractivity contribution in [1.29, 1.82) is 0 Å². The van der Waals surface area contributed by atoms with Gasteiger partial charge in [-0.25, -0.2) is 0 Å². The number of hydrogen-bond donors (Lipinski definition) is 3. The van der Waals surface area contributed by atoms with Gasteiger partial charge in [-0.15, -0.1) is 5.10 Å². The van der Waals surface area contributed by atoms with Crippen LogP contribution in [-0.2, 0) is 6.18 Å². The molecule has 3 rings (SSSR count). The zero-order valence-corrected chi connectivity index (χ0v) is 12.5. The van der Waals surface area contributed by atoms with Gasteiger partial charge in [-0.3, -0.25) is 5.10 Å². The summed E-state index contributed by atoms with van der Waals surface area (Å²) in [5, 5.41) is 18.6. The van der Waals surface area contributed by atoms with Crippen molar-refractivity contribution >= 4 is 11.6 Å². The molecule has 0 saturated heterocycles. The van der Waals surface area contributed by atoms with E-state index in [9.17, 15) is 18.3 Å². The number of phenolic OH excluding ortho intramolecular Hbond substituents is 1. The monoisotopic (exact) mass is 334 g/mol. The van der Waals surface area contributed by atoms with Crippen LogP contribution < -0.4 is 5.32 Å². The molecule has 0 atom stereocenters. The number of aromatic amines is 1. The number of anilines is 2. The van der Waals surface area contributed by atoms with E-state index in [4.69, 9.17) is 0 Å². The maximum atomic E-state index is 12.9. The van der Waals surface area contributed by atoms with Crippen LogP contribution in [0.2, 0.25) is 0 Å². The maximum absolute atomic E-state index is 12.9. The van der Waals surface area contributed by atoms with Gasteiger partial charge in [0, 0.05) is 11.3 Å². The SMILES string of the molecule is Cc1ccc(Nc2n[nH]c(-c3ccc(O)cc3)n2)cc1C(F)(F)F. The average Bonchev–Trinajstić information content (AvgIpc) is 2.97. The van der Waals surface area contributed by atoms with E-state index >= 15 is 0 Å². The molecule has 1 aromatic heterocycles. The first-order chi connectivity index (χ1) is 11.3. The quantitative estimate of drug-likeness (QED) is 0.669. The minimum Gasteiger partial charge on any atom is -0.508 e. The minimum absolute atomic E-state index is 0.121. The molecule has 0 unspecified atom stereocenters. The van der Waals surface area contributed by atoms with Gasteiger partial charge in [-0.2, -0.15) is 18.2 Å². The third-order valence-electron chi connectivity index (χ3n) is 3.43. The van der Waals surface area contributed by atoms with E-state index in [1.165, 1.54) is 31.2 Å². The van der Waals surface area contributed by atoms with Crippen molar-refractivity contribution < 1.29 is 18.3 Å². The zero-order chi connectivity index (χ0) is 17.3. The zero-order valence-electron chi connectivity index (χ0n) is 12.5. The summed E-state index contributed by atoms with van der Waals surface area (Å²) < 4.78 is 38.8. The predicted octanol–water partition coefficient (Wildman–Crippen LogP) is 4.25. The number of nitrogens with zero attached hydrogens (tertiary/aromatic N) is 2. The number of benzene rings is 2. The molecule has 0 bridgehead atoms. The number of phenols is 1. The number of aromatic nitrogens is 3. The molecule has 3 N–H and O–H groups in total. The number of aromatic hydroxyl groups is 1. The number of rotatable bonds is 3. The van der Waals surface area contributed by atoms with Crippen LogP contribution in [0.3, 0.4) is 0 Å². The summed E-state index contributed by atoms with van der Waals surface area (Å²) in [6.07, 6.45) is -4.42. The Bertz CT molecular complexity index is 857.